The zero-order valence-corrected chi connectivity index (χ0v) is 7.95. The van der Waals surface area contributed by atoms with Gasteiger partial charge >= 0.3 is 5.97 Å². The number of rotatable bonds is 2. The number of halogens is 2. The Morgan fingerprint density at radius 3 is 2.62 bits per heavy atom. The van der Waals surface area contributed by atoms with Gasteiger partial charge in [0.25, 0.3) is 0 Å². The molecule has 0 amide bonds. The van der Waals surface area contributed by atoms with Gasteiger partial charge in [0.1, 0.15) is 5.75 Å². The molecule has 0 aliphatic heterocycles. The minimum absolute atomic E-state index is 0.00262. The molecule has 0 aliphatic rings. The van der Waals surface area contributed by atoms with E-state index in [4.69, 9.17) is 10.2 Å². The second-order valence-corrected chi connectivity index (χ2v) is 3.27. The topological polar surface area (TPSA) is 57.5 Å². The van der Waals surface area contributed by atoms with Gasteiger partial charge in [-0.2, -0.15) is 0 Å². The summed E-state index contributed by atoms with van der Waals surface area (Å²) in [6.07, 6.45) is -2.06. The van der Waals surface area contributed by atoms with E-state index in [1.807, 2.05) is 0 Å². The SMILES string of the molecule is O=C(O)C(F)c1ccc(O)c(Br)c1. The first-order chi connectivity index (χ1) is 6.02. The molecule has 3 nitrogen and oxygen atoms in total. The van der Waals surface area contributed by atoms with Crippen LogP contribution in [0, 0.1) is 0 Å². The maximum atomic E-state index is 12.9. The molecule has 0 saturated heterocycles. The summed E-state index contributed by atoms with van der Waals surface area (Å²) in [6.45, 7) is 0. The van der Waals surface area contributed by atoms with E-state index in [1.54, 1.807) is 0 Å². The molecule has 0 spiro atoms. The summed E-state index contributed by atoms with van der Waals surface area (Å²) < 4.78 is 13.1. The van der Waals surface area contributed by atoms with Gasteiger partial charge in [0.05, 0.1) is 4.47 Å². The minimum Gasteiger partial charge on any atom is -0.507 e. The maximum Gasteiger partial charge on any atom is 0.343 e. The van der Waals surface area contributed by atoms with E-state index in [0.717, 1.165) is 0 Å². The Bertz CT molecular complexity index is 340. The Balaban J connectivity index is 3.03. The van der Waals surface area contributed by atoms with Gasteiger partial charge in [0.2, 0.25) is 6.17 Å². The fourth-order valence-corrected chi connectivity index (χ4v) is 1.22. The molecule has 1 atom stereocenters. The first-order valence-corrected chi connectivity index (χ1v) is 4.17. The molecule has 0 aliphatic carbocycles. The number of aliphatic carboxylic acids is 1. The highest BCUT2D eigenvalue weighted by Crippen LogP contribution is 2.28. The largest absolute Gasteiger partial charge is 0.507 e. The number of carboxylic acid groups (broad SMARTS) is 1. The highest BCUT2D eigenvalue weighted by molar-refractivity contribution is 9.10. The normalized spacial score (nSPS) is 12.5. The van der Waals surface area contributed by atoms with Crippen LogP contribution < -0.4 is 0 Å². The van der Waals surface area contributed by atoms with Crippen molar-refractivity contribution in [2.75, 3.05) is 0 Å². The van der Waals surface area contributed by atoms with Crippen molar-refractivity contribution in [3.8, 4) is 5.75 Å². The van der Waals surface area contributed by atoms with Gasteiger partial charge in [-0.3, -0.25) is 0 Å². The van der Waals surface area contributed by atoms with Gasteiger partial charge in [0, 0.05) is 0 Å². The first-order valence-electron chi connectivity index (χ1n) is 3.37. The molecular weight excluding hydrogens is 243 g/mol. The molecule has 0 bridgehead atoms. The van der Waals surface area contributed by atoms with E-state index >= 15 is 0 Å². The number of benzene rings is 1. The summed E-state index contributed by atoms with van der Waals surface area (Å²) >= 11 is 2.95. The zero-order valence-electron chi connectivity index (χ0n) is 6.37. The molecular formula is C8H6BrFO3. The van der Waals surface area contributed by atoms with Crippen LogP contribution in [0.1, 0.15) is 11.7 Å². The van der Waals surface area contributed by atoms with Crippen molar-refractivity contribution in [3.63, 3.8) is 0 Å². The number of aromatic hydroxyl groups is 1. The van der Waals surface area contributed by atoms with Crippen LogP contribution in [-0.4, -0.2) is 16.2 Å². The van der Waals surface area contributed by atoms with Gasteiger partial charge in [-0.25, -0.2) is 9.18 Å². The third-order valence-electron chi connectivity index (χ3n) is 1.48. The molecule has 0 fully saturated rings. The number of alkyl halides is 1. The highest BCUT2D eigenvalue weighted by Gasteiger charge is 2.18. The molecule has 5 heteroatoms. The summed E-state index contributed by atoms with van der Waals surface area (Å²) in [6, 6.07) is 3.68. The third-order valence-corrected chi connectivity index (χ3v) is 2.12. The van der Waals surface area contributed by atoms with Crippen LogP contribution in [0.15, 0.2) is 22.7 Å². The van der Waals surface area contributed by atoms with Crippen molar-refractivity contribution in [1.82, 2.24) is 0 Å². The minimum atomic E-state index is -2.06. The van der Waals surface area contributed by atoms with E-state index in [0.29, 0.717) is 0 Å². The molecule has 0 heterocycles. The van der Waals surface area contributed by atoms with Crippen LogP contribution in [0.25, 0.3) is 0 Å². The predicted molar refractivity (Wildman–Crippen MR) is 47.3 cm³/mol. The lowest BCUT2D eigenvalue weighted by atomic mass is 10.1. The Hall–Kier alpha value is -1.10. The average Bonchev–Trinajstić information content (AvgIpc) is 2.08. The van der Waals surface area contributed by atoms with Crippen LogP contribution in [0.2, 0.25) is 0 Å². The van der Waals surface area contributed by atoms with E-state index in [2.05, 4.69) is 15.9 Å². The second kappa shape index (κ2) is 3.74. The Kier molecular flexibility index (Phi) is 2.87. The van der Waals surface area contributed by atoms with Crippen LogP contribution >= 0.6 is 15.9 Å². The van der Waals surface area contributed by atoms with Crippen LogP contribution in [0.3, 0.4) is 0 Å². The summed E-state index contributed by atoms with van der Waals surface area (Å²) in [5, 5.41) is 17.4. The van der Waals surface area contributed by atoms with Crippen molar-refractivity contribution < 1.29 is 19.4 Å². The molecule has 70 valence electrons. The van der Waals surface area contributed by atoms with Crippen molar-refractivity contribution in [2.45, 2.75) is 6.17 Å². The summed E-state index contributed by atoms with van der Waals surface area (Å²) in [5.41, 5.74) is -0.00262. The average molecular weight is 249 g/mol. The van der Waals surface area contributed by atoms with E-state index in [-0.39, 0.29) is 15.8 Å². The van der Waals surface area contributed by atoms with Gasteiger partial charge in [-0.05, 0) is 33.6 Å². The van der Waals surface area contributed by atoms with E-state index < -0.39 is 12.1 Å². The van der Waals surface area contributed by atoms with Gasteiger partial charge < -0.3 is 10.2 Å². The number of carboxylic acids is 1. The van der Waals surface area contributed by atoms with Gasteiger partial charge in [-0.1, -0.05) is 6.07 Å². The molecule has 2 N–H and O–H groups in total. The number of hydrogen-bond acceptors (Lipinski definition) is 2. The third kappa shape index (κ3) is 2.18. The van der Waals surface area contributed by atoms with Crippen LogP contribution in [-0.2, 0) is 4.79 Å². The van der Waals surface area contributed by atoms with Gasteiger partial charge in [0.15, 0.2) is 0 Å². The Morgan fingerprint density at radius 1 is 1.54 bits per heavy atom. The second-order valence-electron chi connectivity index (χ2n) is 2.41. The van der Waals surface area contributed by atoms with Crippen LogP contribution in [0.5, 0.6) is 5.75 Å². The smallest absolute Gasteiger partial charge is 0.343 e. The standard InChI is InChI=1S/C8H6BrFO3/c9-5-3-4(1-2-6(5)11)7(10)8(12)13/h1-3,7,11H,(H,12,13). The molecule has 0 aromatic heterocycles. The zero-order chi connectivity index (χ0) is 10.0. The van der Waals surface area contributed by atoms with E-state index in [9.17, 15) is 9.18 Å². The Morgan fingerprint density at radius 2 is 2.15 bits per heavy atom. The van der Waals surface area contributed by atoms with Gasteiger partial charge in [-0.15, -0.1) is 0 Å². The fraction of sp³-hybridized carbons (Fsp3) is 0.125. The summed E-state index contributed by atoms with van der Waals surface area (Å²) in [5.74, 6) is -1.60. The van der Waals surface area contributed by atoms with Crippen LogP contribution in [0.4, 0.5) is 4.39 Å². The van der Waals surface area contributed by atoms with Crippen molar-refractivity contribution in [3.05, 3.63) is 28.2 Å². The van der Waals surface area contributed by atoms with E-state index in [1.165, 1.54) is 18.2 Å². The molecule has 0 saturated carbocycles. The number of phenols is 1. The maximum absolute atomic E-state index is 12.9. The predicted octanol–water partition coefficient (Wildman–Crippen LogP) is 2.25. The molecule has 1 aromatic carbocycles. The molecule has 13 heavy (non-hydrogen) atoms. The molecule has 1 aromatic rings. The van der Waals surface area contributed by atoms with Crippen molar-refractivity contribution in [2.24, 2.45) is 0 Å². The molecule has 1 unspecified atom stereocenters. The molecule has 1 rings (SSSR count). The quantitative estimate of drug-likeness (QED) is 0.845. The van der Waals surface area contributed by atoms with Crippen molar-refractivity contribution >= 4 is 21.9 Å². The number of phenolic OH excluding ortho intramolecular Hbond substituents is 1. The molecule has 0 radical (unpaired) electrons. The lowest BCUT2D eigenvalue weighted by Crippen LogP contribution is -2.05. The highest BCUT2D eigenvalue weighted by atomic mass is 79.9. The lowest BCUT2D eigenvalue weighted by molar-refractivity contribution is -0.143. The van der Waals surface area contributed by atoms with Crippen molar-refractivity contribution in [1.29, 1.82) is 0 Å². The number of hydrogen-bond donors (Lipinski definition) is 2. The fourth-order valence-electron chi connectivity index (χ4n) is 0.823. The lowest BCUT2D eigenvalue weighted by Gasteiger charge is -2.04. The summed E-state index contributed by atoms with van der Waals surface area (Å²) in [4.78, 5) is 10.2. The first kappa shape index (κ1) is 9.98. The number of carbonyl (C=O) groups is 1. The summed E-state index contributed by atoms with van der Waals surface area (Å²) in [7, 11) is 0. The monoisotopic (exact) mass is 248 g/mol. The Labute approximate surface area is 81.9 Å².